The van der Waals surface area contributed by atoms with E-state index in [1.165, 1.54) is 4.88 Å². The first kappa shape index (κ1) is 23.0. The number of ether oxygens (including phenoxy) is 1. The molecular weight excluding hydrogens is 439 g/mol. The third kappa shape index (κ3) is 9.31. The highest BCUT2D eigenvalue weighted by Crippen LogP contribution is 2.09. The third-order valence-electron chi connectivity index (χ3n) is 2.94. The highest BCUT2D eigenvalue weighted by atomic mass is 127. The van der Waals surface area contributed by atoms with Crippen LogP contribution < -0.4 is 10.6 Å². The van der Waals surface area contributed by atoms with Crippen molar-refractivity contribution in [2.24, 2.45) is 4.99 Å². The molecule has 8 heteroatoms. The number of amides is 1. The number of thiophene rings is 1. The average Bonchev–Trinajstić information content (AvgIpc) is 2.98. The number of rotatable bonds is 6. The predicted molar refractivity (Wildman–Crippen MR) is 111 cm³/mol. The number of guanidine groups is 1. The van der Waals surface area contributed by atoms with Crippen molar-refractivity contribution in [2.75, 3.05) is 26.7 Å². The van der Waals surface area contributed by atoms with Crippen molar-refractivity contribution in [3.8, 4) is 0 Å². The number of aliphatic imine (C=N–C) groups is 1. The van der Waals surface area contributed by atoms with Gasteiger partial charge in [0.25, 0.3) is 0 Å². The van der Waals surface area contributed by atoms with Crippen molar-refractivity contribution < 1.29 is 9.53 Å². The Morgan fingerprint density at radius 3 is 2.58 bits per heavy atom. The molecule has 0 fully saturated rings. The highest BCUT2D eigenvalue weighted by Gasteiger charge is 2.20. The number of halogens is 1. The molecule has 0 aliphatic carbocycles. The lowest BCUT2D eigenvalue weighted by molar-refractivity contribution is 0.0264. The van der Waals surface area contributed by atoms with Gasteiger partial charge in [-0.05, 0) is 39.1 Å². The summed E-state index contributed by atoms with van der Waals surface area (Å²) >= 11 is 1.70. The molecule has 24 heavy (non-hydrogen) atoms. The lowest BCUT2D eigenvalue weighted by Gasteiger charge is -2.26. The molecule has 1 rings (SSSR count). The first-order chi connectivity index (χ1) is 10.9. The van der Waals surface area contributed by atoms with Crippen molar-refractivity contribution in [1.29, 1.82) is 0 Å². The molecule has 6 nitrogen and oxygen atoms in total. The minimum atomic E-state index is -0.476. The Hall–Kier alpha value is -1.03. The predicted octanol–water partition coefficient (Wildman–Crippen LogP) is 3.29. The Kier molecular flexibility index (Phi) is 11.0. The van der Waals surface area contributed by atoms with E-state index in [9.17, 15) is 4.79 Å². The number of carbonyl (C=O) groups excluding carboxylic acids is 1. The van der Waals surface area contributed by atoms with Crippen LogP contribution in [0.5, 0.6) is 0 Å². The van der Waals surface area contributed by atoms with Gasteiger partial charge in [-0.2, -0.15) is 0 Å². The van der Waals surface area contributed by atoms with Crippen molar-refractivity contribution in [3.63, 3.8) is 0 Å². The van der Waals surface area contributed by atoms with Gasteiger partial charge in [0.05, 0.1) is 6.54 Å². The van der Waals surface area contributed by atoms with Gasteiger partial charge in [0.1, 0.15) is 5.60 Å². The van der Waals surface area contributed by atoms with Crippen LogP contribution in [-0.2, 0) is 11.3 Å². The van der Waals surface area contributed by atoms with Gasteiger partial charge in [-0.1, -0.05) is 6.07 Å². The SMILES string of the molecule is CCN(CCNC(=NC)NCc1cccs1)C(=O)OC(C)(C)C.I. The summed E-state index contributed by atoms with van der Waals surface area (Å²) in [6, 6.07) is 4.10. The van der Waals surface area contributed by atoms with Crippen LogP contribution in [0.4, 0.5) is 4.79 Å². The number of carbonyl (C=O) groups is 1. The Bertz CT molecular complexity index is 501. The van der Waals surface area contributed by atoms with Gasteiger partial charge in [-0.15, -0.1) is 35.3 Å². The molecule has 0 saturated heterocycles. The molecule has 2 N–H and O–H groups in total. The minimum Gasteiger partial charge on any atom is -0.444 e. The van der Waals surface area contributed by atoms with Gasteiger partial charge < -0.3 is 20.3 Å². The molecular formula is C16H29IN4O2S. The number of nitrogens with one attached hydrogen (secondary N) is 2. The van der Waals surface area contributed by atoms with E-state index in [1.54, 1.807) is 23.3 Å². The molecule has 1 heterocycles. The van der Waals surface area contributed by atoms with Crippen LogP contribution in [0.1, 0.15) is 32.6 Å². The summed E-state index contributed by atoms with van der Waals surface area (Å²) in [5, 5.41) is 8.50. The van der Waals surface area contributed by atoms with Crippen LogP contribution in [0.3, 0.4) is 0 Å². The van der Waals surface area contributed by atoms with Crippen molar-refractivity contribution in [2.45, 2.75) is 39.8 Å². The largest absolute Gasteiger partial charge is 0.444 e. The molecule has 0 atom stereocenters. The van der Waals surface area contributed by atoms with E-state index < -0.39 is 5.60 Å². The van der Waals surface area contributed by atoms with Gasteiger partial charge in [0.2, 0.25) is 0 Å². The van der Waals surface area contributed by atoms with E-state index in [4.69, 9.17) is 4.74 Å². The summed E-state index contributed by atoms with van der Waals surface area (Å²) in [5.74, 6) is 0.721. The maximum absolute atomic E-state index is 12.0. The number of hydrogen-bond donors (Lipinski definition) is 2. The number of likely N-dealkylation sites (N-methyl/N-ethyl adjacent to an activating group) is 1. The molecule has 0 unspecified atom stereocenters. The minimum absolute atomic E-state index is 0. The fraction of sp³-hybridized carbons (Fsp3) is 0.625. The Morgan fingerprint density at radius 1 is 1.38 bits per heavy atom. The van der Waals surface area contributed by atoms with E-state index in [0.29, 0.717) is 19.6 Å². The molecule has 0 spiro atoms. The van der Waals surface area contributed by atoms with Crippen LogP contribution in [0, 0.1) is 0 Å². The normalized spacial score (nSPS) is 11.5. The van der Waals surface area contributed by atoms with Crippen molar-refractivity contribution >= 4 is 47.4 Å². The van der Waals surface area contributed by atoms with Gasteiger partial charge in [-0.3, -0.25) is 4.99 Å². The monoisotopic (exact) mass is 468 g/mol. The summed E-state index contributed by atoms with van der Waals surface area (Å²) in [6.07, 6.45) is -0.289. The molecule has 0 radical (unpaired) electrons. The Balaban J connectivity index is 0.00000529. The molecule has 138 valence electrons. The zero-order valence-corrected chi connectivity index (χ0v) is 18.2. The Morgan fingerprint density at radius 2 is 2.08 bits per heavy atom. The third-order valence-corrected chi connectivity index (χ3v) is 3.82. The van der Waals surface area contributed by atoms with E-state index in [1.807, 2.05) is 39.1 Å². The van der Waals surface area contributed by atoms with Crippen molar-refractivity contribution in [3.05, 3.63) is 22.4 Å². The first-order valence-electron chi connectivity index (χ1n) is 7.80. The van der Waals surface area contributed by atoms with Crippen LogP contribution in [0.25, 0.3) is 0 Å². The van der Waals surface area contributed by atoms with Gasteiger partial charge in [-0.25, -0.2) is 4.79 Å². The second-order valence-corrected chi connectivity index (χ2v) is 7.02. The summed E-state index contributed by atoms with van der Waals surface area (Å²) in [5.41, 5.74) is -0.476. The Labute approximate surface area is 166 Å². The first-order valence-corrected chi connectivity index (χ1v) is 8.68. The second kappa shape index (κ2) is 11.5. The van der Waals surface area contributed by atoms with E-state index in [-0.39, 0.29) is 30.1 Å². The summed E-state index contributed by atoms with van der Waals surface area (Å²) in [4.78, 5) is 19.1. The molecule has 0 aliphatic rings. The van der Waals surface area contributed by atoms with E-state index in [2.05, 4.69) is 21.7 Å². The standard InChI is InChI=1S/C16H28N4O2S.HI/c1-6-20(15(21)22-16(2,3)4)10-9-18-14(17-5)19-12-13-8-7-11-23-13;/h7-8,11H,6,9-10,12H2,1-5H3,(H2,17,18,19);1H. The fourth-order valence-electron chi connectivity index (χ4n) is 1.82. The van der Waals surface area contributed by atoms with Crippen molar-refractivity contribution in [1.82, 2.24) is 15.5 Å². The lowest BCUT2D eigenvalue weighted by Crippen LogP contribution is -2.44. The lowest BCUT2D eigenvalue weighted by atomic mass is 10.2. The summed E-state index contributed by atoms with van der Waals surface area (Å²) in [7, 11) is 1.73. The van der Waals surface area contributed by atoms with Crippen LogP contribution >= 0.6 is 35.3 Å². The van der Waals surface area contributed by atoms with Gasteiger partial charge in [0.15, 0.2) is 5.96 Å². The molecule has 0 aromatic carbocycles. The topological polar surface area (TPSA) is 66.0 Å². The number of hydrogen-bond acceptors (Lipinski definition) is 4. The van der Waals surface area contributed by atoms with Crippen LogP contribution in [0.15, 0.2) is 22.5 Å². The smallest absolute Gasteiger partial charge is 0.410 e. The molecule has 1 aromatic heterocycles. The fourth-order valence-corrected chi connectivity index (χ4v) is 2.46. The maximum atomic E-state index is 12.0. The quantitative estimate of drug-likeness (QED) is 0.382. The van der Waals surface area contributed by atoms with Gasteiger partial charge >= 0.3 is 6.09 Å². The van der Waals surface area contributed by atoms with Crippen LogP contribution in [0.2, 0.25) is 0 Å². The van der Waals surface area contributed by atoms with E-state index in [0.717, 1.165) is 12.5 Å². The van der Waals surface area contributed by atoms with Gasteiger partial charge in [0, 0.05) is 31.6 Å². The molecule has 0 saturated carbocycles. The summed E-state index contributed by atoms with van der Waals surface area (Å²) in [6.45, 7) is 10.1. The second-order valence-electron chi connectivity index (χ2n) is 5.99. The van der Waals surface area contributed by atoms with E-state index >= 15 is 0 Å². The number of nitrogens with zero attached hydrogens (tertiary/aromatic N) is 2. The zero-order chi connectivity index (χ0) is 17.3. The molecule has 1 amide bonds. The molecule has 0 bridgehead atoms. The molecule has 1 aromatic rings. The summed E-state index contributed by atoms with van der Waals surface area (Å²) < 4.78 is 5.39. The highest BCUT2D eigenvalue weighted by molar-refractivity contribution is 14.0. The average molecular weight is 468 g/mol. The molecule has 0 aliphatic heterocycles. The zero-order valence-electron chi connectivity index (χ0n) is 15.1. The van der Waals surface area contributed by atoms with Crippen LogP contribution in [-0.4, -0.2) is 49.2 Å². The maximum Gasteiger partial charge on any atom is 0.410 e.